The minimum Gasteiger partial charge on any atom is -0.350 e. The number of imide groups is 1. The van der Waals surface area contributed by atoms with Crippen LogP contribution in [0.2, 0.25) is 0 Å². The molecular weight excluding hydrogens is 360 g/mol. The molecule has 0 aromatic heterocycles. The number of hydrogen-bond donors (Lipinski definition) is 1. The van der Waals surface area contributed by atoms with Crippen molar-refractivity contribution >= 4 is 34.9 Å². The largest absolute Gasteiger partial charge is 0.350 e. The van der Waals surface area contributed by atoms with E-state index in [1.807, 2.05) is 66.7 Å². The van der Waals surface area contributed by atoms with Crippen LogP contribution in [0.4, 0.5) is 4.79 Å². The van der Waals surface area contributed by atoms with E-state index in [1.54, 1.807) is 12.2 Å². The van der Waals surface area contributed by atoms with Gasteiger partial charge in [-0.25, -0.2) is 0 Å². The molecule has 1 N–H and O–H groups in total. The first-order chi connectivity index (χ1) is 13.1. The second kappa shape index (κ2) is 9.00. The maximum absolute atomic E-state index is 12.4. The number of rotatable bonds is 6. The van der Waals surface area contributed by atoms with Crippen LogP contribution in [0.3, 0.4) is 0 Å². The van der Waals surface area contributed by atoms with E-state index in [2.05, 4.69) is 5.32 Å². The van der Waals surface area contributed by atoms with E-state index in [0.717, 1.165) is 27.8 Å². The van der Waals surface area contributed by atoms with Crippen LogP contribution in [-0.4, -0.2) is 28.5 Å². The summed E-state index contributed by atoms with van der Waals surface area (Å²) in [5.74, 6) is -0.820. The second-order valence-corrected chi connectivity index (χ2v) is 6.82. The molecule has 27 heavy (non-hydrogen) atoms. The fourth-order valence-corrected chi connectivity index (χ4v) is 3.25. The number of thioether (sulfide) groups is 1. The smallest absolute Gasteiger partial charge is 0.294 e. The molecule has 0 atom stereocenters. The molecule has 5 nitrogen and oxygen atoms in total. The second-order valence-electron chi connectivity index (χ2n) is 5.82. The summed E-state index contributed by atoms with van der Waals surface area (Å²) in [5.41, 5.74) is 1.94. The van der Waals surface area contributed by atoms with Crippen molar-refractivity contribution in [3.63, 3.8) is 0 Å². The highest BCUT2D eigenvalue weighted by Gasteiger charge is 2.35. The normalized spacial score (nSPS) is 15.7. The highest BCUT2D eigenvalue weighted by atomic mass is 32.2. The molecule has 0 unspecified atom stereocenters. The van der Waals surface area contributed by atoms with Crippen molar-refractivity contribution in [2.45, 2.75) is 6.54 Å². The third-order valence-electron chi connectivity index (χ3n) is 3.84. The number of amides is 3. The first kappa shape index (κ1) is 18.7. The molecule has 1 saturated heterocycles. The number of nitrogens with zero attached hydrogens (tertiary/aromatic N) is 1. The molecule has 1 aliphatic rings. The molecule has 0 saturated carbocycles. The van der Waals surface area contributed by atoms with Crippen LogP contribution in [0.15, 0.2) is 77.7 Å². The number of benzene rings is 2. The number of hydrogen-bond acceptors (Lipinski definition) is 4. The zero-order valence-electron chi connectivity index (χ0n) is 14.5. The highest BCUT2D eigenvalue weighted by molar-refractivity contribution is 8.18. The average molecular weight is 378 g/mol. The van der Waals surface area contributed by atoms with Gasteiger partial charge in [0.2, 0.25) is 5.91 Å². The van der Waals surface area contributed by atoms with Crippen LogP contribution >= 0.6 is 11.8 Å². The summed E-state index contributed by atoms with van der Waals surface area (Å²) in [6.45, 7) is 0.0722. The van der Waals surface area contributed by atoms with Crippen molar-refractivity contribution < 1.29 is 14.4 Å². The van der Waals surface area contributed by atoms with Gasteiger partial charge in [0.15, 0.2) is 0 Å². The molecule has 0 spiro atoms. The molecule has 0 bridgehead atoms. The minimum atomic E-state index is -0.447. The zero-order valence-corrected chi connectivity index (χ0v) is 15.3. The molecule has 136 valence electrons. The summed E-state index contributed by atoms with van der Waals surface area (Å²) in [4.78, 5) is 37.8. The predicted molar refractivity (Wildman–Crippen MR) is 107 cm³/mol. The van der Waals surface area contributed by atoms with E-state index in [-0.39, 0.29) is 12.5 Å². The van der Waals surface area contributed by atoms with Gasteiger partial charge >= 0.3 is 0 Å². The summed E-state index contributed by atoms with van der Waals surface area (Å²) in [5, 5.41) is 2.28. The Balaban J connectivity index is 1.56. The van der Waals surface area contributed by atoms with E-state index in [9.17, 15) is 14.4 Å². The van der Waals surface area contributed by atoms with Crippen LogP contribution in [0.25, 0.3) is 6.08 Å². The summed E-state index contributed by atoms with van der Waals surface area (Å²) >= 11 is 0.841. The lowest BCUT2D eigenvalue weighted by molar-refractivity contribution is -0.129. The van der Waals surface area contributed by atoms with Crippen LogP contribution in [0.1, 0.15) is 11.1 Å². The SMILES string of the molecule is O=C(CN1C(=O)S/C(=C\C=C\c2ccccc2)C1=O)NCc1ccccc1. The van der Waals surface area contributed by atoms with Gasteiger partial charge in [0.25, 0.3) is 11.1 Å². The monoisotopic (exact) mass is 378 g/mol. The molecule has 3 amide bonds. The van der Waals surface area contributed by atoms with Crippen molar-refractivity contribution in [2.75, 3.05) is 6.54 Å². The molecular formula is C21H18N2O3S. The average Bonchev–Trinajstić information content (AvgIpc) is 2.96. The van der Waals surface area contributed by atoms with Gasteiger partial charge in [-0.2, -0.15) is 0 Å². The number of nitrogens with one attached hydrogen (secondary N) is 1. The van der Waals surface area contributed by atoms with Crippen LogP contribution in [0.5, 0.6) is 0 Å². The van der Waals surface area contributed by atoms with E-state index >= 15 is 0 Å². The maximum atomic E-state index is 12.4. The Morgan fingerprint density at radius 2 is 1.67 bits per heavy atom. The first-order valence-corrected chi connectivity index (χ1v) is 9.23. The van der Waals surface area contributed by atoms with E-state index in [1.165, 1.54) is 0 Å². The van der Waals surface area contributed by atoms with Crippen molar-refractivity contribution in [2.24, 2.45) is 0 Å². The lowest BCUT2D eigenvalue weighted by atomic mass is 10.2. The Bertz CT molecular complexity index is 892. The third-order valence-corrected chi connectivity index (χ3v) is 4.77. The quantitative estimate of drug-likeness (QED) is 0.780. The Hall–Kier alpha value is -3.12. The maximum Gasteiger partial charge on any atom is 0.294 e. The minimum absolute atomic E-state index is 0.281. The van der Waals surface area contributed by atoms with E-state index in [4.69, 9.17) is 0 Å². The number of allylic oxidation sites excluding steroid dienone is 2. The van der Waals surface area contributed by atoms with Crippen molar-refractivity contribution in [3.05, 3.63) is 88.8 Å². The number of carbonyl (C=O) groups is 3. The lowest BCUT2D eigenvalue weighted by Crippen LogP contribution is -2.39. The van der Waals surface area contributed by atoms with Gasteiger partial charge in [-0.15, -0.1) is 0 Å². The van der Waals surface area contributed by atoms with Crippen LogP contribution in [0, 0.1) is 0 Å². The highest BCUT2D eigenvalue weighted by Crippen LogP contribution is 2.30. The van der Waals surface area contributed by atoms with Gasteiger partial charge in [-0.1, -0.05) is 72.8 Å². The predicted octanol–water partition coefficient (Wildman–Crippen LogP) is 3.60. The fraction of sp³-hybridized carbons (Fsp3) is 0.0952. The molecule has 2 aromatic rings. The first-order valence-electron chi connectivity index (χ1n) is 8.41. The van der Waals surface area contributed by atoms with Crippen molar-refractivity contribution in [3.8, 4) is 0 Å². The van der Waals surface area contributed by atoms with Crippen LogP contribution in [-0.2, 0) is 16.1 Å². The van der Waals surface area contributed by atoms with Crippen LogP contribution < -0.4 is 5.32 Å². The Morgan fingerprint density at radius 3 is 2.37 bits per heavy atom. The standard InChI is InChI=1S/C21H18N2O3S/c24-19(22-14-17-10-5-2-6-11-17)15-23-20(25)18(27-21(23)26)13-7-12-16-8-3-1-4-9-16/h1-13H,14-15H2,(H,22,24)/b12-7+,18-13-. The molecule has 0 aliphatic carbocycles. The Labute approximate surface area is 161 Å². The van der Waals surface area contributed by atoms with Gasteiger partial charge in [0.1, 0.15) is 6.54 Å². The molecule has 6 heteroatoms. The van der Waals surface area contributed by atoms with Gasteiger partial charge in [-0.05, 0) is 29.0 Å². The fourth-order valence-electron chi connectivity index (χ4n) is 2.46. The molecule has 0 radical (unpaired) electrons. The summed E-state index contributed by atoms with van der Waals surface area (Å²) in [6.07, 6.45) is 5.17. The molecule has 3 rings (SSSR count). The molecule has 2 aromatic carbocycles. The molecule has 1 aliphatic heterocycles. The third kappa shape index (κ3) is 5.18. The summed E-state index contributed by atoms with van der Waals surface area (Å²) in [7, 11) is 0. The molecule has 1 fully saturated rings. The summed E-state index contributed by atoms with van der Waals surface area (Å²) in [6, 6.07) is 19.1. The van der Waals surface area contributed by atoms with E-state index in [0.29, 0.717) is 11.4 Å². The van der Waals surface area contributed by atoms with Gasteiger partial charge < -0.3 is 5.32 Å². The van der Waals surface area contributed by atoms with Gasteiger partial charge in [0.05, 0.1) is 4.91 Å². The van der Waals surface area contributed by atoms with Crippen molar-refractivity contribution in [1.82, 2.24) is 10.2 Å². The molecule has 1 heterocycles. The van der Waals surface area contributed by atoms with Gasteiger partial charge in [-0.3, -0.25) is 19.3 Å². The number of carbonyl (C=O) groups excluding carboxylic acids is 3. The van der Waals surface area contributed by atoms with Crippen molar-refractivity contribution in [1.29, 1.82) is 0 Å². The van der Waals surface area contributed by atoms with E-state index < -0.39 is 11.1 Å². The summed E-state index contributed by atoms with van der Waals surface area (Å²) < 4.78 is 0. The zero-order chi connectivity index (χ0) is 19.1. The van der Waals surface area contributed by atoms with Gasteiger partial charge in [0, 0.05) is 6.54 Å². The lowest BCUT2D eigenvalue weighted by Gasteiger charge is -2.12. The Kier molecular flexibility index (Phi) is 6.22. The Morgan fingerprint density at radius 1 is 1.00 bits per heavy atom. The topological polar surface area (TPSA) is 66.5 Å².